The number of thioether (sulfide) groups is 1. The summed E-state index contributed by atoms with van der Waals surface area (Å²) in [6.45, 7) is 0. The topological polar surface area (TPSA) is 74.8 Å². The van der Waals surface area contributed by atoms with E-state index in [4.69, 9.17) is 0 Å². The van der Waals surface area contributed by atoms with Crippen LogP contribution in [0.15, 0.2) is 18.3 Å². The Bertz CT molecular complexity index is 617. The van der Waals surface area contributed by atoms with Crippen molar-refractivity contribution in [1.29, 1.82) is 0 Å². The molecular formula is C12H12N2O3S. The third-order valence-corrected chi connectivity index (χ3v) is 4.33. The number of hydrogen-bond donors (Lipinski definition) is 2. The van der Waals surface area contributed by atoms with Crippen LogP contribution in [0.25, 0.3) is 5.52 Å². The Morgan fingerprint density at radius 2 is 2.39 bits per heavy atom. The van der Waals surface area contributed by atoms with Crippen LogP contribution < -0.4 is 0 Å². The van der Waals surface area contributed by atoms with Crippen LogP contribution >= 0.6 is 11.8 Å². The Balaban J connectivity index is 2.26. The van der Waals surface area contributed by atoms with Crippen LogP contribution in [0.5, 0.6) is 5.75 Å². The molecule has 18 heavy (non-hydrogen) atoms. The first kappa shape index (κ1) is 11.4. The molecule has 2 aromatic heterocycles. The zero-order valence-corrected chi connectivity index (χ0v) is 10.4. The summed E-state index contributed by atoms with van der Waals surface area (Å²) in [5.74, 6) is 1.88. The van der Waals surface area contributed by atoms with E-state index in [1.807, 2.05) is 11.8 Å². The Morgan fingerprint density at radius 3 is 3.06 bits per heavy atom. The summed E-state index contributed by atoms with van der Waals surface area (Å²) in [5, 5.41) is 19.0. The summed E-state index contributed by atoms with van der Waals surface area (Å²) < 4.78 is 1.70. The lowest BCUT2D eigenvalue weighted by molar-refractivity contribution is 0.0693. The highest BCUT2D eigenvalue weighted by Gasteiger charge is 2.26. The zero-order chi connectivity index (χ0) is 12.7. The molecule has 1 aliphatic rings. The average Bonchev–Trinajstić information content (AvgIpc) is 2.95. The molecule has 0 amide bonds. The lowest BCUT2D eigenvalue weighted by Crippen LogP contribution is -2.03. The van der Waals surface area contributed by atoms with E-state index in [1.54, 1.807) is 16.7 Å². The Morgan fingerprint density at radius 1 is 1.56 bits per heavy atom. The third-order valence-electron chi connectivity index (χ3n) is 3.17. The summed E-state index contributed by atoms with van der Waals surface area (Å²) in [4.78, 5) is 15.4. The van der Waals surface area contributed by atoms with E-state index in [0.29, 0.717) is 0 Å². The predicted molar refractivity (Wildman–Crippen MR) is 68.5 cm³/mol. The fourth-order valence-corrected chi connectivity index (χ4v) is 3.54. The number of rotatable bonds is 2. The van der Waals surface area contributed by atoms with Gasteiger partial charge in [0.2, 0.25) is 0 Å². The molecule has 0 bridgehead atoms. The Kier molecular flexibility index (Phi) is 2.66. The maximum Gasteiger partial charge on any atom is 0.356 e. The van der Waals surface area contributed by atoms with Crippen LogP contribution in [0.1, 0.15) is 28.7 Å². The number of carboxylic acid groups (broad SMARTS) is 1. The number of fused-ring (bicyclic) bond motifs is 1. The smallest absolute Gasteiger partial charge is 0.356 e. The highest BCUT2D eigenvalue weighted by atomic mass is 32.2. The molecule has 1 unspecified atom stereocenters. The normalized spacial score (nSPS) is 19.4. The second-order valence-corrected chi connectivity index (χ2v) is 5.45. The predicted octanol–water partition coefficient (Wildman–Crippen LogP) is 1.96. The maximum absolute atomic E-state index is 11.2. The minimum atomic E-state index is -1.11. The molecule has 3 heterocycles. The summed E-state index contributed by atoms with van der Waals surface area (Å²) >= 11 is 1.84. The molecule has 6 heteroatoms. The quantitative estimate of drug-likeness (QED) is 0.867. The fourth-order valence-electron chi connectivity index (χ4n) is 2.32. The van der Waals surface area contributed by atoms with E-state index in [2.05, 4.69) is 4.98 Å². The van der Waals surface area contributed by atoms with E-state index in [0.717, 1.165) is 23.8 Å². The van der Waals surface area contributed by atoms with Crippen LogP contribution in [0, 0.1) is 0 Å². The van der Waals surface area contributed by atoms with Gasteiger partial charge in [0.1, 0.15) is 17.1 Å². The standard InChI is InChI=1S/C12H12N2O3S/c15-8-2-1-4-14-10(8)9(12(16)17)13-11(14)7-3-5-18-6-7/h1-2,4,7,15H,3,5-6H2,(H,16,17). The Hall–Kier alpha value is -1.69. The number of hydrogen-bond acceptors (Lipinski definition) is 4. The van der Waals surface area contributed by atoms with Gasteiger partial charge in [-0.2, -0.15) is 11.8 Å². The van der Waals surface area contributed by atoms with E-state index in [9.17, 15) is 15.0 Å². The highest BCUT2D eigenvalue weighted by Crippen LogP contribution is 2.34. The van der Waals surface area contributed by atoms with Crippen molar-refractivity contribution in [2.75, 3.05) is 11.5 Å². The molecule has 2 aromatic rings. The average molecular weight is 264 g/mol. The number of carboxylic acids is 1. The molecule has 0 radical (unpaired) electrons. The second kappa shape index (κ2) is 4.20. The first-order chi connectivity index (χ1) is 8.68. The van der Waals surface area contributed by atoms with Crippen molar-refractivity contribution in [3.63, 3.8) is 0 Å². The van der Waals surface area contributed by atoms with E-state index in [1.165, 1.54) is 6.07 Å². The summed E-state index contributed by atoms with van der Waals surface area (Å²) in [5.41, 5.74) is 0.219. The number of aromatic carboxylic acids is 1. The van der Waals surface area contributed by atoms with Gasteiger partial charge in [-0.25, -0.2) is 9.78 Å². The van der Waals surface area contributed by atoms with Gasteiger partial charge in [0.25, 0.3) is 0 Å². The molecule has 5 nitrogen and oxygen atoms in total. The van der Waals surface area contributed by atoms with Crippen molar-refractivity contribution in [3.05, 3.63) is 29.8 Å². The van der Waals surface area contributed by atoms with Gasteiger partial charge in [-0.15, -0.1) is 0 Å². The van der Waals surface area contributed by atoms with Crippen molar-refractivity contribution in [1.82, 2.24) is 9.38 Å². The van der Waals surface area contributed by atoms with Gasteiger partial charge in [0.05, 0.1) is 0 Å². The minimum Gasteiger partial charge on any atom is -0.506 e. The summed E-state index contributed by atoms with van der Waals surface area (Å²) in [6, 6.07) is 3.18. The summed E-state index contributed by atoms with van der Waals surface area (Å²) in [7, 11) is 0. The summed E-state index contributed by atoms with van der Waals surface area (Å²) in [6.07, 6.45) is 2.76. The Labute approximate surface area is 107 Å². The third kappa shape index (κ3) is 1.64. The molecule has 1 atom stereocenters. The molecule has 94 valence electrons. The number of carbonyl (C=O) groups is 1. The van der Waals surface area contributed by atoms with Gasteiger partial charge < -0.3 is 10.2 Å². The van der Waals surface area contributed by atoms with Gasteiger partial charge in [-0.3, -0.25) is 4.40 Å². The molecule has 0 spiro atoms. The van der Waals surface area contributed by atoms with Crippen LogP contribution in [0.2, 0.25) is 0 Å². The number of aromatic nitrogens is 2. The second-order valence-electron chi connectivity index (χ2n) is 4.30. The zero-order valence-electron chi connectivity index (χ0n) is 9.54. The van der Waals surface area contributed by atoms with Crippen molar-refractivity contribution in [3.8, 4) is 5.75 Å². The van der Waals surface area contributed by atoms with Gasteiger partial charge >= 0.3 is 5.97 Å². The maximum atomic E-state index is 11.2. The number of aromatic hydroxyl groups is 1. The monoisotopic (exact) mass is 264 g/mol. The van der Waals surface area contributed by atoms with Gasteiger partial charge in [0.15, 0.2) is 5.69 Å². The lowest BCUT2D eigenvalue weighted by atomic mass is 10.1. The van der Waals surface area contributed by atoms with E-state index < -0.39 is 5.97 Å². The van der Waals surface area contributed by atoms with Gasteiger partial charge in [0, 0.05) is 17.9 Å². The van der Waals surface area contributed by atoms with Crippen LogP contribution in [0.3, 0.4) is 0 Å². The van der Waals surface area contributed by atoms with E-state index in [-0.39, 0.29) is 22.9 Å². The van der Waals surface area contributed by atoms with Gasteiger partial charge in [-0.1, -0.05) is 0 Å². The molecule has 1 fully saturated rings. The molecular weight excluding hydrogens is 252 g/mol. The van der Waals surface area contributed by atoms with Crippen molar-refractivity contribution in [2.45, 2.75) is 12.3 Å². The van der Waals surface area contributed by atoms with Crippen molar-refractivity contribution in [2.24, 2.45) is 0 Å². The van der Waals surface area contributed by atoms with Gasteiger partial charge in [-0.05, 0) is 24.3 Å². The molecule has 2 N–H and O–H groups in total. The van der Waals surface area contributed by atoms with Crippen molar-refractivity contribution >= 4 is 23.2 Å². The molecule has 1 aliphatic heterocycles. The largest absolute Gasteiger partial charge is 0.506 e. The van der Waals surface area contributed by atoms with Crippen LogP contribution in [-0.4, -0.2) is 37.1 Å². The van der Waals surface area contributed by atoms with Crippen molar-refractivity contribution < 1.29 is 15.0 Å². The van der Waals surface area contributed by atoms with E-state index >= 15 is 0 Å². The first-order valence-electron chi connectivity index (χ1n) is 5.69. The molecule has 3 rings (SSSR count). The first-order valence-corrected chi connectivity index (χ1v) is 6.85. The molecule has 0 aromatic carbocycles. The highest BCUT2D eigenvalue weighted by molar-refractivity contribution is 7.99. The SMILES string of the molecule is O=C(O)c1nc(C2CCSC2)n2cccc(O)c12. The van der Waals surface area contributed by atoms with Crippen LogP contribution in [-0.2, 0) is 0 Å². The lowest BCUT2D eigenvalue weighted by Gasteiger charge is -2.07. The number of imidazole rings is 1. The fraction of sp³-hybridized carbons (Fsp3) is 0.333. The molecule has 0 saturated carbocycles. The molecule has 0 aliphatic carbocycles. The molecule has 1 saturated heterocycles. The minimum absolute atomic E-state index is 0.0423. The van der Waals surface area contributed by atoms with Crippen LogP contribution in [0.4, 0.5) is 0 Å². The number of pyridine rings is 1. The number of nitrogens with zero attached hydrogens (tertiary/aromatic N) is 2.